The Morgan fingerprint density at radius 1 is 1.50 bits per heavy atom. The van der Waals surface area contributed by atoms with Crippen LogP contribution in [0.25, 0.3) is 0 Å². The Kier molecular flexibility index (Phi) is 3.13. The Balaban J connectivity index is 2.51. The summed E-state index contributed by atoms with van der Waals surface area (Å²) < 4.78 is 0. The fraction of sp³-hybridized carbons (Fsp3) is 0.800. The standard InChI is InChI=1S/C10H17NO/c1-3-10(12)6-5-8-11(4-2)9-7-10/h1,12H,4-9H2,2H3. The number of aliphatic hydroxyl groups is 1. The Morgan fingerprint density at radius 2 is 2.25 bits per heavy atom. The van der Waals surface area contributed by atoms with Crippen molar-refractivity contribution >= 4 is 0 Å². The van der Waals surface area contributed by atoms with Gasteiger partial charge in [0.15, 0.2) is 0 Å². The van der Waals surface area contributed by atoms with Gasteiger partial charge in [-0.2, -0.15) is 0 Å². The first-order valence-corrected chi connectivity index (χ1v) is 4.63. The highest BCUT2D eigenvalue weighted by atomic mass is 16.3. The molecule has 0 saturated carbocycles. The number of hydrogen-bond donors (Lipinski definition) is 1. The van der Waals surface area contributed by atoms with Gasteiger partial charge < -0.3 is 10.0 Å². The maximum absolute atomic E-state index is 9.81. The van der Waals surface area contributed by atoms with Gasteiger partial charge in [-0.25, -0.2) is 0 Å². The van der Waals surface area contributed by atoms with Gasteiger partial charge in [0.25, 0.3) is 0 Å². The van der Waals surface area contributed by atoms with Gasteiger partial charge in [0.1, 0.15) is 5.60 Å². The summed E-state index contributed by atoms with van der Waals surface area (Å²) in [6.45, 7) is 5.19. The van der Waals surface area contributed by atoms with Gasteiger partial charge in [-0.05, 0) is 25.9 Å². The van der Waals surface area contributed by atoms with Crippen molar-refractivity contribution in [3.05, 3.63) is 0 Å². The summed E-state index contributed by atoms with van der Waals surface area (Å²) in [5.41, 5.74) is -0.829. The lowest BCUT2D eigenvalue weighted by atomic mass is 9.96. The second-order valence-corrected chi connectivity index (χ2v) is 3.46. The molecular weight excluding hydrogens is 150 g/mol. The molecule has 1 aliphatic rings. The van der Waals surface area contributed by atoms with E-state index in [1.165, 1.54) is 0 Å². The third-order valence-electron chi connectivity index (χ3n) is 2.62. The average Bonchev–Trinajstić information content (AvgIpc) is 2.28. The lowest BCUT2D eigenvalue weighted by molar-refractivity contribution is 0.0850. The zero-order valence-corrected chi connectivity index (χ0v) is 7.71. The molecule has 12 heavy (non-hydrogen) atoms. The molecule has 1 N–H and O–H groups in total. The zero-order chi connectivity index (χ0) is 9.03. The van der Waals surface area contributed by atoms with Crippen LogP contribution in [0.15, 0.2) is 0 Å². The van der Waals surface area contributed by atoms with Gasteiger partial charge in [-0.15, -0.1) is 6.42 Å². The largest absolute Gasteiger partial charge is 0.378 e. The molecule has 0 aliphatic carbocycles. The molecule has 2 heteroatoms. The molecule has 1 aliphatic heterocycles. The maximum atomic E-state index is 9.81. The number of rotatable bonds is 1. The molecule has 1 fully saturated rings. The second-order valence-electron chi connectivity index (χ2n) is 3.46. The molecule has 1 unspecified atom stereocenters. The molecule has 2 nitrogen and oxygen atoms in total. The second kappa shape index (κ2) is 3.93. The summed E-state index contributed by atoms with van der Waals surface area (Å²) in [4.78, 5) is 2.33. The average molecular weight is 167 g/mol. The zero-order valence-electron chi connectivity index (χ0n) is 7.71. The van der Waals surface area contributed by atoms with Gasteiger partial charge in [0.2, 0.25) is 0 Å². The van der Waals surface area contributed by atoms with Gasteiger partial charge in [0.05, 0.1) is 0 Å². The van der Waals surface area contributed by atoms with Crippen molar-refractivity contribution in [2.24, 2.45) is 0 Å². The van der Waals surface area contributed by atoms with Gasteiger partial charge >= 0.3 is 0 Å². The first-order chi connectivity index (χ1) is 5.70. The molecule has 1 saturated heterocycles. The third-order valence-corrected chi connectivity index (χ3v) is 2.62. The Hall–Kier alpha value is -0.520. The molecule has 0 spiro atoms. The number of hydrogen-bond acceptors (Lipinski definition) is 2. The first kappa shape index (κ1) is 9.57. The first-order valence-electron chi connectivity index (χ1n) is 4.63. The number of nitrogens with zero attached hydrogens (tertiary/aromatic N) is 1. The predicted molar refractivity (Wildman–Crippen MR) is 49.7 cm³/mol. The summed E-state index contributed by atoms with van der Waals surface area (Å²) in [6, 6.07) is 0. The SMILES string of the molecule is C#CC1(O)CCCN(CC)CC1. The Morgan fingerprint density at radius 3 is 2.83 bits per heavy atom. The minimum absolute atomic E-state index is 0.720. The van der Waals surface area contributed by atoms with E-state index in [-0.39, 0.29) is 0 Å². The minimum Gasteiger partial charge on any atom is -0.378 e. The molecule has 1 heterocycles. The van der Waals surface area contributed by atoms with Crippen molar-refractivity contribution in [2.75, 3.05) is 19.6 Å². The van der Waals surface area contributed by atoms with Gasteiger partial charge in [-0.3, -0.25) is 0 Å². The highest BCUT2D eigenvalue weighted by molar-refractivity contribution is 5.08. The van der Waals surface area contributed by atoms with E-state index in [0.717, 1.165) is 38.9 Å². The molecule has 68 valence electrons. The predicted octanol–water partition coefficient (Wildman–Crippen LogP) is 0.857. The normalized spacial score (nSPS) is 32.4. The summed E-state index contributed by atoms with van der Waals surface area (Å²) in [6.07, 6.45) is 7.75. The van der Waals surface area contributed by atoms with E-state index >= 15 is 0 Å². The van der Waals surface area contributed by atoms with Gasteiger partial charge in [-0.1, -0.05) is 12.8 Å². The number of likely N-dealkylation sites (tertiary alicyclic amines) is 1. The van der Waals surface area contributed by atoms with Crippen LogP contribution in [0.5, 0.6) is 0 Å². The smallest absolute Gasteiger partial charge is 0.126 e. The van der Waals surface area contributed by atoms with Crippen LogP contribution >= 0.6 is 0 Å². The van der Waals surface area contributed by atoms with Crippen molar-refractivity contribution in [2.45, 2.75) is 31.8 Å². The Labute approximate surface area is 74.6 Å². The molecule has 1 atom stereocenters. The van der Waals surface area contributed by atoms with E-state index in [2.05, 4.69) is 17.7 Å². The minimum atomic E-state index is -0.829. The van der Waals surface area contributed by atoms with E-state index < -0.39 is 5.60 Å². The summed E-state index contributed by atoms with van der Waals surface area (Å²) in [5, 5.41) is 9.81. The molecule has 0 radical (unpaired) electrons. The van der Waals surface area contributed by atoms with Crippen LogP contribution < -0.4 is 0 Å². The van der Waals surface area contributed by atoms with E-state index in [0.29, 0.717) is 0 Å². The number of terminal acetylenes is 1. The highest BCUT2D eigenvalue weighted by Gasteiger charge is 2.26. The topological polar surface area (TPSA) is 23.5 Å². The molecule has 0 aromatic heterocycles. The fourth-order valence-corrected chi connectivity index (χ4v) is 1.64. The molecule has 0 aromatic rings. The van der Waals surface area contributed by atoms with Crippen LogP contribution in [0.4, 0.5) is 0 Å². The summed E-state index contributed by atoms with van der Waals surface area (Å²) in [7, 11) is 0. The third kappa shape index (κ3) is 2.23. The van der Waals surface area contributed by atoms with Crippen molar-refractivity contribution < 1.29 is 5.11 Å². The lowest BCUT2D eigenvalue weighted by Crippen LogP contribution is -2.29. The lowest BCUT2D eigenvalue weighted by Gasteiger charge is -2.20. The molecule has 1 rings (SSSR count). The quantitative estimate of drug-likeness (QED) is 0.585. The van der Waals surface area contributed by atoms with Crippen LogP contribution in [0.1, 0.15) is 26.2 Å². The van der Waals surface area contributed by atoms with Crippen LogP contribution in [0.3, 0.4) is 0 Å². The Bertz CT molecular complexity index is 185. The van der Waals surface area contributed by atoms with E-state index in [4.69, 9.17) is 6.42 Å². The van der Waals surface area contributed by atoms with E-state index in [1.807, 2.05) is 0 Å². The van der Waals surface area contributed by atoms with Crippen LogP contribution in [0, 0.1) is 12.3 Å². The van der Waals surface area contributed by atoms with E-state index in [9.17, 15) is 5.11 Å². The molecule has 0 amide bonds. The van der Waals surface area contributed by atoms with Crippen molar-refractivity contribution in [3.63, 3.8) is 0 Å². The van der Waals surface area contributed by atoms with Crippen LogP contribution in [-0.2, 0) is 0 Å². The van der Waals surface area contributed by atoms with Crippen LogP contribution in [-0.4, -0.2) is 35.2 Å². The molecular formula is C10H17NO. The van der Waals surface area contributed by atoms with Crippen molar-refractivity contribution in [3.8, 4) is 12.3 Å². The molecule has 0 bridgehead atoms. The van der Waals surface area contributed by atoms with Crippen molar-refractivity contribution in [1.29, 1.82) is 0 Å². The summed E-state index contributed by atoms with van der Waals surface area (Å²) in [5.74, 6) is 2.49. The highest BCUT2D eigenvalue weighted by Crippen LogP contribution is 2.20. The van der Waals surface area contributed by atoms with Crippen molar-refractivity contribution in [1.82, 2.24) is 4.90 Å². The maximum Gasteiger partial charge on any atom is 0.126 e. The monoisotopic (exact) mass is 167 g/mol. The fourth-order valence-electron chi connectivity index (χ4n) is 1.64. The van der Waals surface area contributed by atoms with Crippen LogP contribution in [0.2, 0.25) is 0 Å². The molecule has 0 aromatic carbocycles. The van der Waals surface area contributed by atoms with Gasteiger partial charge in [0, 0.05) is 13.0 Å². The van der Waals surface area contributed by atoms with E-state index in [1.54, 1.807) is 0 Å². The summed E-state index contributed by atoms with van der Waals surface area (Å²) >= 11 is 0.